The molecule has 0 bridgehead atoms. The zero-order valence-electron chi connectivity index (χ0n) is 11.2. The number of halogens is 2. The Labute approximate surface area is 134 Å². The van der Waals surface area contributed by atoms with E-state index in [2.05, 4.69) is 15.9 Å². The first-order valence-electron chi connectivity index (χ1n) is 6.38. The maximum Gasteiger partial charge on any atom is 0.313 e. The molecule has 2 rings (SSSR count). The SMILES string of the molecule is CCCOC1C(=O)CC1Oc1c(Br)cc(Cl)cc1[N+](=O)[O-]. The third kappa shape index (κ3) is 3.53. The smallest absolute Gasteiger partial charge is 0.313 e. The van der Waals surface area contributed by atoms with E-state index in [0.717, 1.165) is 6.42 Å². The molecule has 0 saturated heterocycles. The molecule has 114 valence electrons. The van der Waals surface area contributed by atoms with Crippen molar-refractivity contribution < 1.29 is 19.2 Å². The summed E-state index contributed by atoms with van der Waals surface area (Å²) in [4.78, 5) is 22.0. The Bertz CT molecular complexity index is 580. The molecule has 0 heterocycles. The van der Waals surface area contributed by atoms with E-state index in [1.807, 2.05) is 6.92 Å². The molecule has 1 aromatic carbocycles. The standard InChI is InChI=1S/C13H13BrClNO5/c1-2-3-20-13-10(17)6-11(13)21-12-8(14)4-7(15)5-9(12)16(18)19/h4-5,11,13H,2-3,6H2,1H3. The molecule has 8 heteroatoms. The van der Waals surface area contributed by atoms with E-state index in [9.17, 15) is 14.9 Å². The topological polar surface area (TPSA) is 78.7 Å². The van der Waals surface area contributed by atoms with Crippen LogP contribution >= 0.6 is 27.5 Å². The quantitative estimate of drug-likeness (QED) is 0.559. The molecule has 1 aromatic rings. The molecule has 2 atom stereocenters. The van der Waals surface area contributed by atoms with Crippen molar-refractivity contribution in [1.29, 1.82) is 0 Å². The fraction of sp³-hybridized carbons (Fsp3) is 0.462. The summed E-state index contributed by atoms with van der Waals surface area (Å²) in [5.41, 5.74) is -0.247. The van der Waals surface area contributed by atoms with E-state index in [4.69, 9.17) is 21.1 Å². The Morgan fingerprint density at radius 3 is 2.81 bits per heavy atom. The molecule has 1 fully saturated rings. The molecule has 1 saturated carbocycles. The van der Waals surface area contributed by atoms with E-state index in [0.29, 0.717) is 11.1 Å². The van der Waals surface area contributed by atoms with Crippen LogP contribution in [0.15, 0.2) is 16.6 Å². The molecule has 0 aliphatic heterocycles. The Morgan fingerprint density at radius 1 is 1.52 bits per heavy atom. The van der Waals surface area contributed by atoms with Crippen LogP contribution in [-0.4, -0.2) is 29.5 Å². The minimum absolute atomic E-state index is 0.0545. The molecular weight excluding hydrogens is 366 g/mol. The van der Waals surface area contributed by atoms with Gasteiger partial charge in [0.25, 0.3) is 0 Å². The van der Waals surface area contributed by atoms with Gasteiger partial charge in [-0.3, -0.25) is 14.9 Å². The number of ketones is 1. The molecule has 0 spiro atoms. The molecule has 21 heavy (non-hydrogen) atoms. The highest BCUT2D eigenvalue weighted by Crippen LogP contribution is 2.40. The number of nitrogens with zero attached hydrogens (tertiary/aromatic N) is 1. The van der Waals surface area contributed by atoms with E-state index in [1.54, 1.807) is 0 Å². The molecule has 6 nitrogen and oxygen atoms in total. The summed E-state index contributed by atoms with van der Waals surface area (Å²) in [6.07, 6.45) is -0.214. The summed E-state index contributed by atoms with van der Waals surface area (Å²) in [5.74, 6) is 0.00758. The summed E-state index contributed by atoms with van der Waals surface area (Å²) in [5, 5.41) is 11.3. The van der Waals surface area contributed by atoms with Gasteiger partial charge < -0.3 is 9.47 Å². The maximum absolute atomic E-state index is 11.5. The van der Waals surface area contributed by atoms with Crippen molar-refractivity contribution in [3.05, 3.63) is 31.7 Å². The summed E-state index contributed by atoms with van der Waals surface area (Å²) < 4.78 is 11.4. The Hall–Kier alpha value is -1.18. The van der Waals surface area contributed by atoms with Gasteiger partial charge in [0, 0.05) is 24.1 Å². The average Bonchev–Trinajstić information content (AvgIpc) is 2.40. The number of Topliss-reactive ketones (excluding diaryl/α,β-unsaturated/α-hetero) is 1. The highest BCUT2D eigenvalue weighted by Gasteiger charge is 2.43. The first-order valence-corrected chi connectivity index (χ1v) is 7.55. The van der Waals surface area contributed by atoms with Gasteiger partial charge >= 0.3 is 5.69 Å². The number of nitro benzene ring substituents is 1. The fourth-order valence-electron chi connectivity index (χ4n) is 1.97. The van der Waals surface area contributed by atoms with E-state index in [1.165, 1.54) is 12.1 Å². The molecule has 0 aromatic heterocycles. The average molecular weight is 379 g/mol. The van der Waals surface area contributed by atoms with Gasteiger partial charge in [-0.15, -0.1) is 0 Å². The first-order chi connectivity index (χ1) is 9.93. The normalized spacial score (nSPS) is 21.0. The van der Waals surface area contributed by atoms with Gasteiger partial charge in [0.1, 0.15) is 6.10 Å². The lowest BCUT2D eigenvalue weighted by Crippen LogP contribution is -2.52. The largest absolute Gasteiger partial charge is 0.479 e. The molecule has 1 aliphatic rings. The Balaban J connectivity index is 2.20. The lowest BCUT2D eigenvalue weighted by atomic mass is 9.90. The second-order valence-electron chi connectivity index (χ2n) is 4.61. The van der Waals surface area contributed by atoms with E-state index >= 15 is 0 Å². The molecular formula is C13H13BrClNO5. The van der Waals surface area contributed by atoms with Crippen molar-refractivity contribution in [1.82, 2.24) is 0 Å². The maximum atomic E-state index is 11.5. The van der Waals surface area contributed by atoms with Crippen LogP contribution in [0.2, 0.25) is 5.02 Å². The first kappa shape index (κ1) is 16.2. The zero-order chi connectivity index (χ0) is 15.6. The molecule has 0 N–H and O–H groups in total. The van der Waals surface area contributed by atoms with Crippen LogP contribution in [0.25, 0.3) is 0 Å². The highest BCUT2D eigenvalue weighted by molar-refractivity contribution is 9.10. The van der Waals surface area contributed by atoms with Crippen LogP contribution < -0.4 is 4.74 Å². The number of hydrogen-bond donors (Lipinski definition) is 0. The van der Waals surface area contributed by atoms with Gasteiger partial charge in [-0.05, 0) is 28.4 Å². The predicted octanol–water partition coefficient (Wildman–Crippen LogP) is 3.53. The number of benzene rings is 1. The van der Waals surface area contributed by atoms with Crippen LogP contribution in [0.3, 0.4) is 0 Å². The summed E-state index contributed by atoms with van der Waals surface area (Å²) >= 11 is 9.00. The second kappa shape index (κ2) is 6.72. The fourth-order valence-corrected chi connectivity index (χ4v) is 2.85. The number of carbonyl (C=O) groups excluding carboxylic acids is 1. The predicted molar refractivity (Wildman–Crippen MR) is 79.9 cm³/mol. The lowest BCUT2D eigenvalue weighted by Gasteiger charge is -2.34. The monoisotopic (exact) mass is 377 g/mol. The van der Waals surface area contributed by atoms with Gasteiger partial charge in [0.2, 0.25) is 5.75 Å². The van der Waals surface area contributed by atoms with Gasteiger partial charge in [0.15, 0.2) is 11.9 Å². The van der Waals surface area contributed by atoms with Crippen LogP contribution in [-0.2, 0) is 9.53 Å². The van der Waals surface area contributed by atoms with Crippen LogP contribution in [0.1, 0.15) is 19.8 Å². The number of hydrogen-bond acceptors (Lipinski definition) is 5. The van der Waals surface area contributed by atoms with Crippen LogP contribution in [0.5, 0.6) is 5.75 Å². The minimum atomic E-state index is -0.660. The summed E-state index contributed by atoms with van der Waals surface area (Å²) in [6, 6.07) is 2.72. The lowest BCUT2D eigenvalue weighted by molar-refractivity contribution is -0.386. The van der Waals surface area contributed by atoms with Crippen molar-refractivity contribution in [2.75, 3.05) is 6.61 Å². The van der Waals surface area contributed by atoms with Crippen LogP contribution in [0.4, 0.5) is 5.69 Å². The van der Waals surface area contributed by atoms with Crippen molar-refractivity contribution in [2.45, 2.75) is 32.0 Å². The minimum Gasteiger partial charge on any atom is -0.479 e. The Kier molecular flexibility index (Phi) is 5.18. The molecule has 0 radical (unpaired) electrons. The number of ether oxygens (including phenoxy) is 2. The van der Waals surface area contributed by atoms with E-state index in [-0.39, 0.29) is 28.7 Å². The third-order valence-electron chi connectivity index (χ3n) is 3.01. The number of rotatable bonds is 6. The van der Waals surface area contributed by atoms with Gasteiger partial charge in [-0.1, -0.05) is 18.5 Å². The van der Waals surface area contributed by atoms with Gasteiger partial charge in [0.05, 0.1) is 9.40 Å². The molecule has 1 aliphatic carbocycles. The third-order valence-corrected chi connectivity index (χ3v) is 3.82. The molecule has 0 amide bonds. The van der Waals surface area contributed by atoms with Crippen molar-refractivity contribution >= 4 is 39.0 Å². The van der Waals surface area contributed by atoms with Crippen LogP contribution in [0, 0.1) is 10.1 Å². The second-order valence-corrected chi connectivity index (χ2v) is 5.90. The van der Waals surface area contributed by atoms with E-state index < -0.39 is 17.1 Å². The Morgan fingerprint density at radius 2 is 2.24 bits per heavy atom. The highest BCUT2D eigenvalue weighted by atomic mass is 79.9. The summed E-state index contributed by atoms with van der Waals surface area (Å²) in [7, 11) is 0. The van der Waals surface area contributed by atoms with Crippen molar-refractivity contribution in [3.8, 4) is 5.75 Å². The zero-order valence-corrected chi connectivity index (χ0v) is 13.5. The summed E-state index contributed by atoms with van der Waals surface area (Å²) in [6.45, 7) is 2.37. The number of nitro groups is 1. The number of carbonyl (C=O) groups is 1. The van der Waals surface area contributed by atoms with Crippen molar-refractivity contribution in [2.24, 2.45) is 0 Å². The molecule has 2 unspecified atom stereocenters. The van der Waals surface area contributed by atoms with Gasteiger partial charge in [-0.25, -0.2) is 0 Å². The van der Waals surface area contributed by atoms with Crippen molar-refractivity contribution in [3.63, 3.8) is 0 Å². The van der Waals surface area contributed by atoms with Gasteiger partial charge in [-0.2, -0.15) is 0 Å².